The molecule has 2 aromatic rings. The molecule has 3 rings (SSSR count). The van der Waals surface area contributed by atoms with Crippen molar-refractivity contribution >= 4 is 34.6 Å². The molecule has 1 nitrogen and oxygen atoms in total. The Kier molecular flexibility index (Phi) is 28.2. The maximum Gasteiger partial charge on any atom is 0.0827 e. The average molecular weight is 426 g/mol. The summed E-state index contributed by atoms with van der Waals surface area (Å²) in [5.41, 5.74) is 1.80. The summed E-state index contributed by atoms with van der Waals surface area (Å²) in [4.78, 5) is 0. The van der Waals surface area contributed by atoms with E-state index in [4.69, 9.17) is 23.2 Å². The third kappa shape index (κ3) is 12.4. The van der Waals surface area contributed by atoms with Gasteiger partial charge >= 0.3 is 0 Å². The summed E-state index contributed by atoms with van der Waals surface area (Å²) in [5.74, 6) is 0. The van der Waals surface area contributed by atoms with E-state index in [9.17, 15) is 0 Å². The molecule has 0 unspecified atom stereocenters. The Morgan fingerprint density at radius 1 is 0.808 bits per heavy atom. The largest absolute Gasteiger partial charge is 0.358 e. The van der Waals surface area contributed by atoms with Crippen molar-refractivity contribution in [2.24, 2.45) is 0 Å². The van der Waals surface area contributed by atoms with Gasteiger partial charge < -0.3 is 42.5 Å². The normalized spacial score (nSPS) is 9.15. The van der Waals surface area contributed by atoms with Crippen LogP contribution in [-0.4, -0.2) is 0 Å². The monoisotopic (exact) mass is 425 g/mol. The molecule has 0 aliphatic heterocycles. The number of allylic oxidation sites excluding steroid dienone is 4. The second kappa shape index (κ2) is 20.3. The third-order valence-corrected chi connectivity index (χ3v) is 3.41. The number of para-hydroxylation sites is 1. The van der Waals surface area contributed by atoms with Crippen LogP contribution in [0.15, 0.2) is 66.8 Å². The minimum absolute atomic E-state index is 0. The maximum absolute atomic E-state index is 6.05. The first-order valence-electron chi connectivity index (χ1n) is 6.25. The van der Waals surface area contributed by atoms with Crippen LogP contribution in [-0.2, 0) is 21.7 Å². The van der Waals surface area contributed by atoms with Gasteiger partial charge in [-0.15, -0.1) is 6.42 Å². The van der Waals surface area contributed by atoms with Gasteiger partial charge in [0.1, 0.15) is 0 Å². The minimum Gasteiger partial charge on any atom is -0.358 e. The molecule has 1 aliphatic carbocycles. The van der Waals surface area contributed by atoms with E-state index in [2.05, 4.69) is 17.5 Å². The van der Waals surface area contributed by atoms with E-state index in [-0.39, 0.29) is 58.9 Å². The van der Waals surface area contributed by atoms with Gasteiger partial charge in [0, 0.05) is 27.4 Å². The fourth-order valence-electron chi connectivity index (χ4n) is 1.62. The molecule has 0 aromatic heterocycles. The fourth-order valence-corrected chi connectivity index (χ4v) is 1.97. The molecule has 0 fully saturated rings. The van der Waals surface area contributed by atoms with E-state index < -0.39 is 0 Å². The van der Waals surface area contributed by atoms with Crippen LogP contribution in [0.3, 0.4) is 0 Å². The third-order valence-electron chi connectivity index (χ3n) is 2.59. The molecule has 0 saturated heterocycles. The minimum atomic E-state index is 0. The number of halogens is 2. The smallest absolute Gasteiger partial charge is 0.0827 e. The standard InChI is InChI=1S/C12H9Cl2N.C5H5.5CH3.Ti/c13-10-7-4-8-11(12(10)14)15-9-5-2-1-3-6-9;1-2-4-5-3-1;;;;;;/h1-8,15H;1-3H,4H2;5*1H3;/q;6*-1;. The first-order valence-corrected chi connectivity index (χ1v) is 7.01. The molecule has 1 N–H and O–H groups in total. The first-order chi connectivity index (χ1) is 9.77. The van der Waals surface area contributed by atoms with Crippen LogP contribution in [0.5, 0.6) is 0 Å². The topological polar surface area (TPSA) is 12.0 Å². The first kappa shape index (κ1) is 36.0. The summed E-state index contributed by atoms with van der Waals surface area (Å²) >= 11 is 12.0. The second-order valence-electron chi connectivity index (χ2n) is 4.10. The van der Waals surface area contributed by atoms with Crippen molar-refractivity contribution in [2.75, 3.05) is 5.32 Å². The van der Waals surface area contributed by atoms with Crippen LogP contribution in [0.4, 0.5) is 11.4 Å². The van der Waals surface area contributed by atoms with Crippen molar-refractivity contribution in [1.82, 2.24) is 0 Å². The van der Waals surface area contributed by atoms with Gasteiger partial charge in [-0.2, -0.15) is 6.08 Å². The van der Waals surface area contributed by atoms with Crippen LogP contribution in [0.25, 0.3) is 0 Å². The van der Waals surface area contributed by atoms with E-state index in [1.54, 1.807) is 6.07 Å². The molecule has 0 spiro atoms. The molecular formula is C22H29Cl2NTi-6. The van der Waals surface area contributed by atoms with Gasteiger partial charge in [0.05, 0.1) is 15.7 Å². The van der Waals surface area contributed by atoms with Gasteiger partial charge in [-0.1, -0.05) is 47.5 Å². The van der Waals surface area contributed by atoms with E-state index in [1.807, 2.05) is 54.6 Å². The summed E-state index contributed by atoms with van der Waals surface area (Å²) < 4.78 is 0. The predicted octanol–water partition coefficient (Wildman–Crippen LogP) is 8.29. The Morgan fingerprint density at radius 3 is 1.88 bits per heavy atom. The molecular weight excluding hydrogens is 397 g/mol. The maximum atomic E-state index is 6.05. The molecule has 26 heavy (non-hydrogen) atoms. The van der Waals surface area contributed by atoms with Gasteiger partial charge in [0.2, 0.25) is 0 Å². The summed E-state index contributed by atoms with van der Waals surface area (Å²) in [6.45, 7) is 0. The Labute approximate surface area is 187 Å². The Bertz CT molecular complexity index is 601. The summed E-state index contributed by atoms with van der Waals surface area (Å²) in [5, 5.41) is 4.29. The van der Waals surface area contributed by atoms with Crippen LogP contribution in [0.1, 0.15) is 6.42 Å². The van der Waals surface area contributed by atoms with Crippen molar-refractivity contribution in [3.63, 3.8) is 0 Å². The molecule has 4 heteroatoms. The van der Waals surface area contributed by atoms with Crippen LogP contribution < -0.4 is 5.32 Å². The molecule has 2 aromatic carbocycles. The van der Waals surface area contributed by atoms with Crippen LogP contribution >= 0.6 is 23.2 Å². The van der Waals surface area contributed by atoms with Crippen LogP contribution in [0.2, 0.25) is 10.0 Å². The van der Waals surface area contributed by atoms with Gasteiger partial charge in [0.15, 0.2) is 0 Å². The molecule has 0 radical (unpaired) electrons. The van der Waals surface area contributed by atoms with E-state index in [0.717, 1.165) is 17.8 Å². The van der Waals surface area contributed by atoms with Gasteiger partial charge in [-0.3, -0.25) is 6.08 Å². The number of nitrogens with one attached hydrogen (secondary N) is 1. The zero-order valence-electron chi connectivity index (χ0n) is 16.3. The number of hydrogen-bond acceptors (Lipinski definition) is 1. The van der Waals surface area contributed by atoms with Gasteiger partial charge in [0.25, 0.3) is 0 Å². The van der Waals surface area contributed by atoms with Crippen molar-refractivity contribution < 1.29 is 21.7 Å². The summed E-state index contributed by atoms with van der Waals surface area (Å²) in [6.07, 6.45) is 10.0. The quantitative estimate of drug-likeness (QED) is 0.376. The van der Waals surface area contributed by atoms with Gasteiger partial charge in [-0.05, 0) is 24.3 Å². The molecule has 0 amide bonds. The van der Waals surface area contributed by atoms with Crippen LogP contribution in [0, 0.1) is 43.2 Å². The number of anilines is 2. The number of rotatable bonds is 2. The Balaban J connectivity index is -0.000000118. The molecule has 0 atom stereocenters. The second-order valence-corrected chi connectivity index (χ2v) is 4.88. The molecule has 0 heterocycles. The Morgan fingerprint density at radius 2 is 1.42 bits per heavy atom. The predicted molar refractivity (Wildman–Crippen MR) is 120 cm³/mol. The molecule has 146 valence electrons. The van der Waals surface area contributed by atoms with E-state index in [0.29, 0.717) is 10.0 Å². The van der Waals surface area contributed by atoms with E-state index in [1.165, 1.54) is 0 Å². The fraction of sp³-hybridized carbons (Fsp3) is 0.0455. The zero-order valence-corrected chi connectivity index (χ0v) is 19.4. The van der Waals surface area contributed by atoms with Crippen molar-refractivity contribution in [2.45, 2.75) is 6.42 Å². The Hall–Kier alpha value is -0.986. The summed E-state index contributed by atoms with van der Waals surface area (Å²) in [6, 6.07) is 15.3. The number of hydrogen-bond donors (Lipinski definition) is 1. The molecule has 1 aliphatic rings. The number of benzene rings is 2. The summed E-state index contributed by atoms with van der Waals surface area (Å²) in [7, 11) is 0. The molecule has 0 bridgehead atoms. The average Bonchev–Trinajstić information content (AvgIpc) is 3.05. The van der Waals surface area contributed by atoms with Crippen molar-refractivity contribution in [1.29, 1.82) is 0 Å². The SMILES string of the molecule is Clc1cccc(Nc2ccccc2)c1Cl.[C-]1=CC=CC1.[CH3-].[CH3-].[CH3-].[CH3-].[CH3-].[Ti]. The molecule has 0 saturated carbocycles. The van der Waals surface area contributed by atoms with Crippen molar-refractivity contribution in [3.8, 4) is 0 Å². The van der Waals surface area contributed by atoms with Gasteiger partial charge in [-0.25, -0.2) is 12.2 Å². The van der Waals surface area contributed by atoms with Crippen molar-refractivity contribution in [3.05, 3.63) is 120 Å². The van der Waals surface area contributed by atoms with E-state index >= 15 is 0 Å². The zero-order chi connectivity index (χ0) is 14.2.